The van der Waals surface area contributed by atoms with Crippen LogP contribution in [0.4, 0.5) is 10.1 Å². The number of halogens is 2. The van der Waals surface area contributed by atoms with Crippen molar-refractivity contribution >= 4 is 28.8 Å². The molecule has 0 unspecified atom stereocenters. The fraction of sp³-hybridized carbons (Fsp3) is 0.182. The normalized spacial score (nSPS) is 11.9. The maximum absolute atomic E-state index is 14.2. The number of pyridine rings is 1. The third-order valence-corrected chi connectivity index (χ3v) is 4.41. The first-order chi connectivity index (χ1) is 13.2. The fourth-order valence-electron chi connectivity index (χ4n) is 2.46. The zero-order valence-corrected chi connectivity index (χ0v) is 17.1. The van der Waals surface area contributed by atoms with Crippen LogP contribution in [0.3, 0.4) is 0 Å². The lowest BCUT2D eigenvalue weighted by atomic mass is 10.0. The van der Waals surface area contributed by atoms with Gasteiger partial charge in [0.2, 0.25) is 0 Å². The molecule has 2 aromatic rings. The second kappa shape index (κ2) is 9.33. The van der Waals surface area contributed by atoms with E-state index in [0.29, 0.717) is 33.1 Å². The van der Waals surface area contributed by atoms with Gasteiger partial charge >= 0.3 is 0 Å². The largest absolute Gasteiger partial charge is 0.355 e. The van der Waals surface area contributed by atoms with Gasteiger partial charge < -0.3 is 10.2 Å². The number of amides is 1. The van der Waals surface area contributed by atoms with Crippen LogP contribution in [0.15, 0.2) is 66.7 Å². The molecular formula is C22H23ClFN3O. The first-order valence-corrected chi connectivity index (χ1v) is 9.04. The predicted octanol–water partition coefficient (Wildman–Crippen LogP) is 5.55. The Morgan fingerprint density at radius 1 is 1.29 bits per heavy atom. The number of hydrogen-bond donors (Lipinski definition) is 1. The van der Waals surface area contributed by atoms with E-state index in [0.717, 1.165) is 5.57 Å². The number of carbonyl (C=O) groups is 1. The molecule has 146 valence electrons. The molecule has 1 amide bonds. The van der Waals surface area contributed by atoms with Crippen molar-refractivity contribution in [3.63, 3.8) is 0 Å². The number of rotatable bonds is 6. The van der Waals surface area contributed by atoms with E-state index < -0.39 is 5.82 Å². The van der Waals surface area contributed by atoms with Gasteiger partial charge in [0.1, 0.15) is 5.82 Å². The van der Waals surface area contributed by atoms with Crippen molar-refractivity contribution < 1.29 is 9.18 Å². The van der Waals surface area contributed by atoms with E-state index in [4.69, 9.17) is 11.6 Å². The van der Waals surface area contributed by atoms with Crippen LogP contribution in [-0.4, -0.2) is 29.9 Å². The molecule has 0 spiro atoms. The highest BCUT2D eigenvalue weighted by molar-refractivity contribution is 6.30. The Hall–Kier alpha value is -2.92. The van der Waals surface area contributed by atoms with Crippen LogP contribution < -0.4 is 5.32 Å². The van der Waals surface area contributed by atoms with Gasteiger partial charge in [-0.25, -0.2) is 4.39 Å². The topological polar surface area (TPSA) is 45.2 Å². The summed E-state index contributed by atoms with van der Waals surface area (Å²) >= 11 is 6.00. The second-order valence-electron chi connectivity index (χ2n) is 6.42. The van der Waals surface area contributed by atoms with Gasteiger partial charge in [-0.05, 0) is 55.3 Å². The highest BCUT2D eigenvalue weighted by Crippen LogP contribution is 2.26. The molecule has 2 rings (SSSR count). The minimum Gasteiger partial charge on any atom is -0.355 e. The summed E-state index contributed by atoms with van der Waals surface area (Å²) in [6, 6.07) is 6.05. The van der Waals surface area contributed by atoms with Crippen LogP contribution in [-0.2, 0) is 0 Å². The second-order valence-corrected chi connectivity index (χ2v) is 6.86. The standard InChI is InChI=1S/C22H23ClFN3O/c1-6-14(2)21(11-15(3)17-12-16(23)7-8-19(17)24)26-20-9-10-25-13-18(20)22(28)27(4)5/h6-13H,3H2,1-2,4-5H3,(H,25,26)/b14-6-,21-11+. The minimum atomic E-state index is -0.407. The zero-order chi connectivity index (χ0) is 20.8. The van der Waals surface area contributed by atoms with E-state index in [2.05, 4.69) is 16.9 Å². The van der Waals surface area contributed by atoms with Gasteiger partial charge in [0.25, 0.3) is 5.91 Å². The molecule has 4 nitrogen and oxygen atoms in total. The van der Waals surface area contributed by atoms with Gasteiger partial charge in [0.05, 0.1) is 11.3 Å². The number of nitrogens with zero attached hydrogens (tertiary/aromatic N) is 2. The minimum absolute atomic E-state index is 0.173. The molecule has 0 bridgehead atoms. The number of aromatic nitrogens is 1. The Bertz CT molecular complexity index is 964. The lowest BCUT2D eigenvalue weighted by Crippen LogP contribution is -2.23. The van der Waals surface area contributed by atoms with E-state index >= 15 is 0 Å². The quantitative estimate of drug-likeness (QED) is 0.647. The van der Waals surface area contributed by atoms with Crippen LogP contribution in [0.2, 0.25) is 5.02 Å². The average molecular weight is 400 g/mol. The number of benzene rings is 1. The van der Waals surface area contributed by atoms with Crippen molar-refractivity contribution in [1.82, 2.24) is 9.88 Å². The lowest BCUT2D eigenvalue weighted by Gasteiger charge is -2.17. The van der Waals surface area contributed by atoms with Crippen molar-refractivity contribution in [3.8, 4) is 0 Å². The predicted molar refractivity (Wildman–Crippen MR) is 114 cm³/mol. The molecule has 1 aromatic carbocycles. The van der Waals surface area contributed by atoms with Gasteiger partial charge in [0.15, 0.2) is 0 Å². The molecule has 1 heterocycles. The summed E-state index contributed by atoms with van der Waals surface area (Å²) < 4.78 is 14.2. The van der Waals surface area contributed by atoms with E-state index in [1.165, 1.54) is 29.3 Å². The number of allylic oxidation sites excluding steroid dienone is 4. The smallest absolute Gasteiger partial charge is 0.257 e. The first-order valence-electron chi connectivity index (χ1n) is 8.66. The van der Waals surface area contributed by atoms with Gasteiger partial charge in [-0.15, -0.1) is 0 Å². The molecule has 0 radical (unpaired) electrons. The summed E-state index contributed by atoms with van der Waals surface area (Å²) in [4.78, 5) is 18.0. The van der Waals surface area contributed by atoms with E-state index in [-0.39, 0.29) is 5.91 Å². The molecular weight excluding hydrogens is 377 g/mol. The molecule has 0 atom stereocenters. The van der Waals surface area contributed by atoms with Crippen LogP contribution >= 0.6 is 11.6 Å². The molecule has 1 N–H and O–H groups in total. The summed E-state index contributed by atoms with van der Waals surface area (Å²) in [5, 5.41) is 3.68. The van der Waals surface area contributed by atoms with Crippen molar-refractivity contribution in [2.75, 3.05) is 19.4 Å². The molecule has 0 aliphatic carbocycles. The Balaban J connectivity index is 2.47. The third-order valence-electron chi connectivity index (χ3n) is 4.18. The van der Waals surface area contributed by atoms with Crippen LogP contribution in [0.5, 0.6) is 0 Å². The van der Waals surface area contributed by atoms with Gasteiger partial charge in [-0.1, -0.05) is 24.3 Å². The zero-order valence-electron chi connectivity index (χ0n) is 16.4. The number of anilines is 1. The molecule has 0 aliphatic heterocycles. The monoisotopic (exact) mass is 399 g/mol. The van der Waals surface area contributed by atoms with E-state index in [1.54, 1.807) is 32.4 Å². The van der Waals surface area contributed by atoms with Gasteiger partial charge in [-0.2, -0.15) is 0 Å². The summed E-state index contributed by atoms with van der Waals surface area (Å²) in [5.41, 5.74) is 3.39. The molecule has 1 aromatic heterocycles. The Morgan fingerprint density at radius 3 is 2.64 bits per heavy atom. The molecule has 0 saturated heterocycles. The SMILES string of the molecule is C=C(/C=C(Nc1ccncc1C(=O)N(C)C)\C(C)=C/C)c1cc(Cl)ccc1F. The lowest BCUT2D eigenvalue weighted by molar-refractivity contribution is 0.0828. The Kier molecular flexibility index (Phi) is 7.12. The van der Waals surface area contributed by atoms with Gasteiger partial charge in [-0.3, -0.25) is 9.78 Å². The number of hydrogen-bond acceptors (Lipinski definition) is 3. The molecule has 6 heteroatoms. The molecule has 0 fully saturated rings. The van der Waals surface area contributed by atoms with Gasteiger partial charge in [0, 0.05) is 42.8 Å². The average Bonchev–Trinajstić information content (AvgIpc) is 2.68. The maximum atomic E-state index is 14.2. The third kappa shape index (κ3) is 5.08. The Labute approximate surface area is 170 Å². The summed E-state index contributed by atoms with van der Waals surface area (Å²) in [5.74, 6) is -0.580. The van der Waals surface area contributed by atoms with Crippen molar-refractivity contribution in [2.45, 2.75) is 13.8 Å². The van der Waals surface area contributed by atoms with Crippen molar-refractivity contribution in [1.29, 1.82) is 0 Å². The van der Waals surface area contributed by atoms with Crippen LogP contribution in [0, 0.1) is 5.82 Å². The molecule has 28 heavy (non-hydrogen) atoms. The van der Waals surface area contributed by atoms with E-state index in [1.807, 2.05) is 19.9 Å². The Morgan fingerprint density at radius 2 is 2.00 bits per heavy atom. The fourth-order valence-corrected chi connectivity index (χ4v) is 2.63. The van der Waals surface area contributed by atoms with Crippen LogP contribution in [0.1, 0.15) is 29.8 Å². The first kappa shape index (κ1) is 21.4. The highest BCUT2D eigenvalue weighted by Gasteiger charge is 2.15. The highest BCUT2D eigenvalue weighted by atomic mass is 35.5. The summed E-state index contributed by atoms with van der Waals surface area (Å²) in [6.07, 6.45) is 6.76. The summed E-state index contributed by atoms with van der Waals surface area (Å²) in [6.45, 7) is 7.79. The van der Waals surface area contributed by atoms with Crippen molar-refractivity contribution in [3.05, 3.63) is 88.6 Å². The van der Waals surface area contributed by atoms with E-state index in [9.17, 15) is 9.18 Å². The van der Waals surface area contributed by atoms with Crippen LogP contribution in [0.25, 0.3) is 5.57 Å². The van der Waals surface area contributed by atoms with Crippen molar-refractivity contribution in [2.24, 2.45) is 0 Å². The summed E-state index contributed by atoms with van der Waals surface area (Å²) in [7, 11) is 3.35. The number of nitrogens with one attached hydrogen (secondary N) is 1. The maximum Gasteiger partial charge on any atom is 0.257 e. The number of carbonyl (C=O) groups excluding carboxylic acids is 1. The molecule has 0 aliphatic rings. The molecule has 0 saturated carbocycles.